The van der Waals surface area contributed by atoms with Gasteiger partial charge in [0, 0.05) is 44.5 Å². The van der Waals surface area contributed by atoms with Crippen molar-refractivity contribution >= 4 is 17.5 Å². The summed E-state index contributed by atoms with van der Waals surface area (Å²) in [5.74, 6) is 2.66. The third-order valence-corrected chi connectivity index (χ3v) is 5.16. The molecule has 2 aromatic heterocycles. The largest absolute Gasteiger partial charge is 0.497 e. The molecule has 31 heavy (non-hydrogen) atoms. The molecule has 1 N–H and O–H groups in total. The Morgan fingerprint density at radius 1 is 1.13 bits per heavy atom. The number of anilines is 2. The van der Waals surface area contributed by atoms with Crippen molar-refractivity contribution < 1.29 is 13.9 Å². The van der Waals surface area contributed by atoms with Crippen molar-refractivity contribution in [3.8, 4) is 17.2 Å². The molecular formula is C22H26N6O3. The number of urea groups is 1. The van der Waals surface area contributed by atoms with Crippen molar-refractivity contribution in [2.24, 2.45) is 0 Å². The Morgan fingerprint density at radius 2 is 1.90 bits per heavy atom. The number of benzene rings is 1. The van der Waals surface area contributed by atoms with E-state index in [0.717, 1.165) is 35.7 Å². The van der Waals surface area contributed by atoms with Crippen LogP contribution in [0.4, 0.5) is 16.3 Å². The van der Waals surface area contributed by atoms with Crippen LogP contribution in [-0.4, -0.2) is 59.4 Å². The summed E-state index contributed by atoms with van der Waals surface area (Å²) in [6.07, 6.45) is 3.46. The van der Waals surface area contributed by atoms with Crippen LogP contribution in [0.5, 0.6) is 5.75 Å². The van der Waals surface area contributed by atoms with E-state index < -0.39 is 0 Å². The lowest BCUT2D eigenvalue weighted by Crippen LogP contribution is -2.50. The number of nitrogens with one attached hydrogen (secondary N) is 1. The maximum absolute atomic E-state index is 12.6. The van der Waals surface area contributed by atoms with Crippen molar-refractivity contribution in [2.45, 2.75) is 19.8 Å². The lowest BCUT2D eigenvalue weighted by atomic mass is 10.2. The molecule has 3 heterocycles. The molecule has 1 saturated heterocycles. The van der Waals surface area contributed by atoms with Gasteiger partial charge in [-0.3, -0.25) is 0 Å². The summed E-state index contributed by atoms with van der Waals surface area (Å²) in [6, 6.07) is 11.0. The molecule has 2 amide bonds. The summed E-state index contributed by atoms with van der Waals surface area (Å²) in [6.45, 7) is 4.57. The highest BCUT2D eigenvalue weighted by molar-refractivity contribution is 5.89. The number of aromatic nitrogens is 3. The molecule has 9 nitrogen and oxygen atoms in total. The van der Waals surface area contributed by atoms with Gasteiger partial charge in [-0.25, -0.2) is 9.78 Å². The molecule has 0 radical (unpaired) electrons. The molecule has 1 aliphatic heterocycles. The highest BCUT2D eigenvalue weighted by Gasteiger charge is 2.25. The van der Waals surface area contributed by atoms with E-state index in [1.807, 2.05) is 36.4 Å². The topological polar surface area (TPSA) is 96.6 Å². The minimum absolute atomic E-state index is 0.118. The average Bonchev–Trinajstić information content (AvgIpc) is 3.28. The highest BCUT2D eigenvalue weighted by Crippen LogP contribution is 2.28. The predicted octanol–water partition coefficient (Wildman–Crippen LogP) is 3.45. The zero-order valence-corrected chi connectivity index (χ0v) is 17.7. The molecule has 0 unspecified atom stereocenters. The van der Waals surface area contributed by atoms with Crippen LogP contribution in [-0.2, 0) is 6.42 Å². The van der Waals surface area contributed by atoms with Crippen molar-refractivity contribution in [2.75, 3.05) is 43.5 Å². The van der Waals surface area contributed by atoms with Gasteiger partial charge in [-0.1, -0.05) is 6.92 Å². The first-order valence-electron chi connectivity index (χ1n) is 10.4. The normalized spacial score (nSPS) is 13.9. The minimum Gasteiger partial charge on any atom is -0.497 e. The van der Waals surface area contributed by atoms with Gasteiger partial charge < -0.3 is 24.3 Å². The maximum atomic E-state index is 12.6. The monoisotopic (exact) mass is 422 g/mol. The Bertz CT molecular complexity index is 1010. The van der Waals surface area contributed by atoms with Crippen LogP contribution in [0.25, 0.3) is 11.5 Å². The van der Waals surface area contributed by atoms with Gasteiger partial charge >= 0.3 is 6.03 Å². The van der Waals surface area contributed by atoms with E-state index in [2.05, 4.69) is 32.3 Å². The number of nitrogens with zero attached hydrogens (tertiary/aromatic N) is 5. The summed E-state index contributed by atoms with van der Waals surface area (Å²) in [5, 5.41) is 11.3. The van der Waals surface area contributed by atoms with Crippen LogP contribution in [0.1, 0.15) is 19.2 Å². The Morgan fingerprint density at radius 3 is 2.61 bits per heavy atom. The maximum Gasteiger partial charge on any atom is 0.321 e. The quantitative estimate of drug-likeness (QED) is 0.650. The van der Waals surface area contributed by atoms with Gasteiger partial charge in [0.2, 0.25) is 5.89 Å². The predicted molar refractivity (Wildman–Crippen MR) is 117 cm³/mol. The first-order chi connectivity index (χ1) is 15.2. The number of piperazine rings is 1. The second kappa shape index (κ2) is 9.46. The number of aryl methyl sites for hydroxylation is 1. The van der Waals surface area contributed by atoms with Crippen molar-refractivity contribution in [3.05, 3.63) is 48.5 Å². The first-order valence-corrected chi connectivity index (χ1v) is 10.4. The van der Waals surface area contributed by atoms with E-state index in [4.69, 9.17) is 9.15 Å². The van der Waals surface area contributed by atoms with Gasteiger partial charge in [-0.2, -0.15) is 0 Å². The van der Waals surface area contributed by atoms with E-state index >= 15 is 0 Å². The molecule has 9 heteroatoms. The molecule has 1 aromatic carbocycles. The second-order valence-electron chi connectivity index (χ2n) is 7.26. The number of carbonyl (C=O) groups excluding carboxylic acids is 1. The molecule has 0 spiro atoms. The molecule has 3 aromatic rings. The summed E-state index contributed by atoms with van der Waals surface area (Å²) < 4.78 is 11.0. The second-order valence-corrected chi connectivity index (χ2v) is 7.26. The number of rotatable bonds is 6. The molecule has 0 saturated carbocycles. The fraction of sp³-hybridized carbons (Fsp3) is 0.364. The number of amides is 2. The molecule has 0 atom stereocenters. The third kappa shape index (κ3) is 4.76. The average molecular weight is 422 g/mol. The van der Waals surface area contributed by atoms with Crippen LogP contribution in [0.15, 0.2) is 47.0 Å². The number of ether oxygens (including phenoxy) is 1. The van der Waals surface area contributed by atoms with Crippen LogP contribution in [0.3, 0.4) is 0 Å². The van der Waals surface area contributed by atoms with Crippen LogP contribution in [0.2, 0.25) is 0 Å². The zero-order chi connectivity index (χ0) is 21.6. The first kappa shape index (κ1) is 20.6. The summed E-state index contributed by atoms with van der Waals surface area (Å²) in [7, 11) is 1.61. The summed E-state index contributed by atoms with van der Waals surface area (Å²) in [5.41, 5.74) is 1.55. The Balaban J connectivity index is 1.40. The SMILES string of the molecule is CCCc1nnc(-c2cccnc2N2CCN(C(=O)Nc3ccc(OC)cc3)CC2)o1. The van der Waals surface area contributed by atoms with Gasteiger partial charge in [0.15, 0.2) is 0 Å². The zero-order valence-electron chi connectivity index (χ0n) is 17.7. The molecule has 0 bridgehead atoms. The smallest absolute Gasteiger partial charge is 0.321 e. The van der Waals surface area contributed by atoms with Gasteiger partial charge in [0.05, 0.1) is 12.7 Å². The fourth-order valence-corrected chi connectivity index (χ4v) is 3.49. The molecule has 1 aliphatic rings. The Hall–Kier alpha value is -3.62. The van der Waals surface area contributed by atoms with Crippen molar-refractivity contribution in [1.29, 1.82) is 0 Å². The Kier molecular flexibility index (Phi) is 6.30. The molecule has 4 rings (SSSR count). The van der Waals surface area contributed by atoms with Gasteiger partial charge in [0.1, 0.15) is 11.6 Å². The summed E-state index contributed by atoms with van der Waals surface area (Å²) in [4.78, 5) is 21.1. The molecule has 1 fully saturated rings. The van der Waals surface area contributed by atoms with Crippen LogP contribution < -0.4 is 15.0 Å². The number of hydrogen-bond donors (Lipinski definition) is 1. The standard InChI is InChI=1S/C22H26N6O3/c1-3-5-19-25-26-21(31-19)18-6-4-11-23-20(18)27-12-14-28(15-13-27)22(29)24-16-7-9-17(30-2)10-8-16/h4,6-11H,3,5,12-15H2,1-2H3,(H,24,29). The minimum atomic E-state index is -0.118. The van der Waals surface area contributed by atoms with Crippen LogP contribution in [0, 0.1) is 0 Å². The molecular weight excluding hydrogens is 396 g/mol. The number of pyridine rings is 1. The van der Waals surface area contributed by atoms with E-state index in [1.54, 1.807) is 18.2 Å². The van der Waals surface area contributed by atoms with Gasteiger partial charge in [-0.15, -0.1) is 10.2 Å². The lowest BCUT2D eigenvalue weighted by molar-refractivity contribution is 0.208. The van der Waals surface area contributed by atoms with E-state index in [0.29, 0.717) is 38.0 Å². The van der Waals surface area contributed by atoms with E-state index in [-0.39, 0.29) is 6.03 Å². The van der Waals surface area contributed by atoms with E-state index in [1.165, 1.54) is 0 Å². The number of methoxy groups -OCH3 is 1. The molecule has 162 valence electrons. The lowest BCUT2D eigenvalue weighted by Gasteiger charge is -2.35. The molecule has 0 aliphatic carbocycles. The van der Waals surface area contributed by atoms with Gasteiger partial charge in [0.25, 0.3) is 5.89 Å². The summed E-state index contributed by atoms with van der Waals surface area (Å²) >= 11 is 0. The third-order valence-electron chi connectivity index (χ3n) is 5.16. The number of hydrogen-bond acceptors (Lipinski definition) is 7. The van der Waals surface area contributed by atoms with Gasteiger partial charge in [-0.05, 0) is 42.8 Å². The Labute approximate surface area is 181 Å². The van der Waals surface area contributed by atoms with Crippen molar-refractivity contribution in [1.82, 2.24) is 20.1 Å². The van der Waals surface area contributed by atoms with Crippen LogP contribution >= 0.6 is 0 Å². The van der Waals surface area contributed by atoms with E-state index in [9.17, 15) is 4.79 Å². The fourth-order valence-electron chi connectivity index (χ4n) is 3.49. The van der Waals surface area contributed by atoms with Crippen molar-refractivity contribution in [3.63, 3.8) is 0 Å². The number of carbonyl (C=O) groups is 1. The highest BCUT2D eigenvalue weighted by atomic mass is 16.5.